The van der Waals surface area contributed by atoms with Gasteiger partial charge in [-0.3, -0.25) is 0 Å². The number of rotatable bonds is 1. The highest BCUT2D eigenvalue weighted by Crippen LogP contribution is 2.22. The van der Waals surface area contributed by atoms with Gasteiger partial charge in [0.1, 0.15) is 5.82 Å². The molecule has 0 unspecified atom stereocenters. The highest BCUT2D eigenvalue weighted by atomic mass is 15.0. The summed E-state index contributed by atoms with van der Waals surface area (Å²) in [4.78, 5) is 8.97. The highest BCUT2D eigenvalue weighted by molar-refractivity contribution is 5.89. The van der Waals surface area contributed by atoms with Crippen LogP contribution in [0.2, 0.25) is 0 Å². The lowest BCUT2D eigenvalue weighted by atomic mass is 10.1. The van der Waals surface area contributed by atoms with Crippen LogP contribution in [0.15, 0.2) is 30.3 Å². The molecule has 1 aliphatic rings. The first kappa shape index (κ1) is 10.2. The van der Waals surface area contributed by atoms with Crippen LogP contribution in [0.1, 0.15) is 12.2 Å². The number of fused-ring (bicyclic) bond motifs is 1. The molecule has 17 heavy (non-hydrogen) atoms. The van der Waals surface area contributed by atoms with E-state index < -0.39 is 0 Å². The lowest BCUT2D eigenvalue weighted by Gasteiger charge is -2.13. The van der Waals surface area contributed by atoms with Crippen molar-refractivity contribution in [1.82, 2.24) is 15.3 Å². The number of aromatic nitrogens is 2. The van der Waals surface area contributed by atoms with Crippen LogP contribution >= 0.6 is 0 Å². The van der Waals surface area contributed by atoms with E-state index in [-0.39, 0.29) is 0 Å². The Kier molecular flexibility index (Phi) is 2.49. The molecule has 0 saturated heterocycles. The summed E-state index contributed by atoms with van der Waals surface area (Å²) in [6, 6.07) is 7.84. The highest BCUT2D eigenvalue weighted by Gasteiger charge is 2.11. The van der Waals surface area contributed by atoms with Gasteiger partial charge < -0.3 is 11.1 Å². The second-order valence-electron chi connectivity index (χ2n) is 4.13. The second-order valence-corrected chi connectivity index (χ2v) is 4.13. The summed E-state index contributed by atoms with van der Waals surface area (Å²) in [6.45, 7) is 1.85. The van der Waals surface area contributed by atoms with E-state index in [4.69, 9.17) is 5.73 Å². The third-order valence-corrected chi connectivity index (χ3v) is 2.98. The van der Waals surface area contributed by atoms with E-state index >= 15 is 0 Å². The zero-order valence-electron chi connectivity index (χ0n) is 9.48. The van der Waals surface area contributed by atoms with Crippen LogP contribution in [0.3, 0.4) is 0 Å². The van der Waals surface area contributed by atoms with Gasteiger partial charge in [0.15, 0.2) is 5.82 Å². The van der Waals surface area contributed by atoms with Crippen molar-refractivity contribution in [2.24, 2.45) is 0 Å². The van der Waals surface area contributed by atoms with Crippen LogP contribution in [0, 0.1) is 0 Å². The number of hydrogen-bond acceptors (Lipinski definition) is 4. The molecular formula is C13H14N4. The number of nitrogens with one attached hydrogen (secondary N) is 1. The molecule has 0 spiro atoms. The fraction of sp³-hybridized carbons (Fsp3) is 0.231. The maximum atomic E-state index is 5.97. The van der Waals surface area contributed by atoms with Crippen LogP contribution < -0.4 is 11.1 Å². The average Bonchev–Trinajstić information content (AvgIpc) is 2.40. The molecule has 0 saturated carbocycles. The predicted octanol–water partition coefficient (Wildman–Crippen LogP) is 1.59. The van der Waals surface area contributed by atoms with E-state index in [1.165, 1.54) is 5.57 Å². The average molecular weight is 226 g/mol. The first-order valence-electron chi connectivity index (χ1n) is 5.77. The van der Waals surface area contributed by atoms with Gasteiger partial charge in [-0.25, -0.2) is 9.97 Å². The van der Waals surface area contributed by atoms with Gasteiger partial charge in [0, 0.05) is 11.9 Å². The van der Waals surface area contributed by atoms with Crippen LogP contribution in [0.4, 0.5) is 5.82 Å². The summed E-state index contributed by atoms with van der Waals surface area (Å²) < 4.78 is 0. The molecule has 4 heteroatoms. The van der Waals surface area contributed by atoms with Crippen molar-refractivity contribution in [2.45, 2.75) is 6.42 Å². The summed E-state index contributed by atoms with van der Waals surface area (Å²) >= 11 is 0. The second kappa shape index (κ2) is 4.14. The van der Waals surface area contributed by atoms with Crippen LogP contribution in [-0.4, -0.2) is 23.1 Å². The molecule has 1 aliphatic heterocycles. The minimum Gasteiger partial charge on any atom is -0.383 e. The lowest BCUT2D eigenvalue weighted by Crippen LogP contribution is -2.20. The van der Waals surface area contributed by atoms with Gasteiger partial charge in [-0.15, -0.1) is 0 Å². The van der Waals surface area contributed by atoms with E-state index in [9.17, 15) is 0 Å². The minimum atomic E-state index is 0.560. The van der Waals surface area contributed by atoms with Gasteiger partial charge in [0.2, 0.25) is 0 Å². The first-order chi connectivity index (χ1) is 8.34. The van der Waals surface area contributed by atoms with E-state index in [0.29, 0.717) is 5.82 Å². The van der Waals surface area contributed by atoms with Crippen molar-refractivity contribution in [3.8, 4) is 0 Å². The number of nitrogen functional groups attached to an aromatic ring is 1. The Labute approximate surface area is 99.6 Å². The molecule has 1 aromatic heterocycles. The van der Waals surface area contributed by atoms with Crippen LogP contribution in [0.5, 0.6) is 0 Å². The van der Waals surface area contributed by atoms with E-state index in [2.05, 4.69) is 21.4 Å². The quantitative estimate of drug-likeness (QED) is 0.775. The third-order valence-electron chi connectivity index (χ3n) is 2.98. The Morgan fingerprint density at radius 2 is 2.06 bits per heavy atom. The predicted molar refractivity (Wildman–Crippen MR) is 69.4 cm³/mol. The maximum absolute atomic E-state index is 5.97. The van der Waals surface area contributed by atoms with Gasteiger partial charge in [0.25, 0.3) is 0 Å². The molecule has 0 bridgehead atoms. The largest absolute Gasteiger partial charge is 0.383 e. The molecular weight excluding hydrogens is 212 g/mol. The topological polar surface area (TPSA) is 63.8 Å². The van der Waals surface area contributed by atoms with Gasteiger partial charge in [-0.05, 0) is 30.7 Å². The smallest absolute Gasteiger partial charge is 0.157 e. The van der Waals surface area contributed by atoms with E-state index in [0.717, 1.165) is 36.2 Å². The van der Waals surface area contributed by atoms with E-state index in [1.54, 1.807) is 0 Å². The Morgan fingerprint density at radius 3 is 2.88 bits per heavy atom. The molecule has 2 heterocycles. The maximum Gasteiger partial charge on any atom is 0.157 e. The summed E-state index contributed by atoms with van der Waals surface area (Å²) in [5.41, 5.74) is 8.06. The summed E-state index contributed by atoms with van der Waals surface area (Å²) in [7, 11) is 0. The molecule has 2 aromatic rings. The molecule has 3 rings (SSSR count). The van der Waals surface area contributed by atoms with Gasteiger partial charge in [0.05, 0.1) is 5.52 Å². The molecule has 86 valence electrons. The molecule has 4 nitrogen and oxygen atoms in total. The Morgan fingerprint density at radius 1 is 1.18 bits per heavy atom. The number of para-hydroxylation sites is 1. The van der Waals surface area contributed by atoms with E-state index in [1.807, 2.05) is 24.3 Å². The fourth-order valence-electron chi connectivity index (χ4n) is 2.07. The number of nitrogens with zero attached hydrogens (tertiary/aromatic N) is 2. The molecule has 0 atom stereocenters. The normalized spacial score (nSPS) is 15.9. The van der Waals surface area contributed by atoms with Crippen molar-refractivity contribution in [3.63, 3.8) is 0 Å². The number of hydrogen-bond donors (Lipinski definition) is 2. The standard InChI is InChI=1S/C13H14N4/c14-12-10-3-1-2-4-11(10)16-13(17-12)9-5-7-15-8-6-9/h1-5,15H,6-8H2,(H2,14,16,17). The third kappa shape index (κ3) is 1.87. The van der Waals surface area contributed by atoms with Crippen molar-refractivity contribution in [3.05, 3.63) is 36.2 Å². The lowest BCUT2D eigenvalue weighted by molar-refractivity contribution is 0.735. The zero-order chi connectivity index (χ0) is 11.7. The monoisotopic (exact) mass is 226 g/mol. The Hall–Kier alpha value is -1.94. The molecule has 0 radical (unpaired) electrons. The van der Waals surface area contributed by atoms with Crippen molar-refractivity contribution in [1.29, 1.82) is 0 Å². The zero-order valence-corrected chi connectivity index (χ0v) is 9.48. The van der Waals surface area contributed by atoms with Gasteiger partial charge >= 0.3 is 0 Å². The first-order valence-corrected chi connectivity index (χ1v) is 5.77. The minimum absolute atomic E-state index is 0.560. The molecule has 1 aromatic carbocycles. The Bertz CT molecular complexity index is 589. The molecule has 3 N–H and O–H groups in total. The summed E-state index contributed by atoms with van der Waals surface area (Å²) in [5, 5.41) is 4.20. The number of anilines is 1. The molecule has 0 amide bonds. The van der Waals surface area contributed by atoms with Crippen LogP contribution in [0.25, 0.3) is 16.5 Å². The van der Waals surface area contributed by atoms with Crippen LogP contribution in [-0.2, 0) is 0 Å². The number of benzene rings is 1. The molecule has 0 fully saturated rings. The van der Waals surface area contributed by atoms with Gasteiger partial charge in [-0.1, -0.05) is 18.2 Å². The van der Waals surface area contributed by atoms with Crippen molar-refractivity contribution < 1.29 is 0 Å². The summed E-state index contributed by atoms with van der Waals surface area (Å²) in [6.07, 6.45) is 3.09. The van der Waals surface area contributed by atoms with Gasteiger partial charge in [-0.2, -0.15) is 0 Å². The Balaban J connectivity index is 2.15. The molecule has 0 aliphatic carbocycles. The fourth-order valence-corrected chi connectivity index (χ4v) is 2.07. The number of nitrogens with two attached hydrogens (primary N) is 1. The van der Waals surface area contributed by atoms with Crippen molar-refractivity contribution >= 4 is 22.3 Å². The van der Waals surface area contributed by atoms with Crippen molar-refractivity contribution in [2.75, 3.05) is 18.8 Å². The summed E-state index contributed by atoms with van der Waals surface area (Å²) in [5.74, 6) is 1.33. The SMILES string of the molecule is Nc1nc(C2=CCNCC2)nc2ccccc12.